The van der Waals surface area contributed by atoms with Crippen molar-refractivity contribution in [2.24, 2.45) is 11.8 Å². The van der Waals surface area contributed by atoms with Crippen LogP contribution in [0.15, 0.2) is 36.4 Å². The summed E-state index contributed by atoms with van der Waals surface area (Å²) < 4.78 is 12.8. The van der Waals surface area contributed by atoms with Gasteiger partial charge in [0.15, 0.2) is 0 Å². The molecule has 0 bridgehead atoms. The Morgan fingerprint density at radius 1 is 1.00 bits per heavy atom. The van der Waals surface area contributed by atoms with Crippen molar-refractivity contribution in [3.8, 4) is 0 Å². The van der Waals surface area contributed by atoms with Crippen molar-refractivity contribution in [1.82, 2.24) is 0 Å². The van der Waals surface area contributed by atoms with Gasteiger partial charge < -0.3 is 0 Å². The Balaban J connectivity index is 1.68. The third-order valence-corrected chi connectivity index (χ3v) is 4.45. The predicted octanol–water partition coefficient (Wildman–Crippen LogP) is 5.53. The van der Waals surface area contributed by atoms with Crippen molar-refractivity contribution in [2.45, 2.75) is 51.9 Å². The van der Waals surface area contributed by atoms with Crippen LogP contribution in [0.1, 0.15) is 51.0 Å². The summed E-state index contributed by atoms with van der Waals surface area (Å²) in [6.07, 6.45) is 13.7. The molecule has 2 rings (SSSR count). The Kier molecular flexibility index (Phi) is 5.62. The molecule has 0 N–H and O–H groups in total. The molecule has 1 saturated carbocycles. The normalized spacial score (nSPS) is 23.9. The quantitative estimate of drug-likeness (QED) is 0.610. The zero-order chi connectivity index (χ0) is 13.5. The second kappa shape index (κ2) is 7.47. The molecule has 19 heavy (non-hydrogen) atoms. The maximum atomic E-state index is 12.8. The summed E-state index contributed by atoms with van der Waals surface area (Å²) >= 11 is 0. The van der Waals surface area contributed by atoms with Gasteiger partial charge in [0, 0.05) is 0 Å². The highest BCUT2D eigenvalue weighted by Gasteiger charge is 2.18. The van der Waals surface area contributed by atoms with Crippen LogP contribution >= 0.6 is 0 Å². The van der Waals surface area contributed by atoms with Crippen LogP contribution in [0.25, 0.3) is 0 Å². The number of benzene rings is 1. The first-order chi connectivity index (χ1) is 9.28. The molecule has 104 valence electrons. The van der Waals surface area contributed by atoms with Gasteiger partial charge >= 0.3 is 0 Å². The third-order valence-electron chi connectivity index (χ3n) is 4.45. The smallest absolute Gasteiger partial charge is 0.123 e. The Morgan fingerprint density at radius 3 is 2.26 bits per heavy atom. The maximum Gasteiger partial charge on any atom is 0.123 e. The van der Waals surface area contributed by atoms with E-state index in [1.807, 2.05) is 12.1 Å². The Labute approximate surface area is 116 Å². The van der Waals surface area contributed by atoms with Gasteiger partial charge in [0.2, 0.25) is 0 Å². The second-order valence-corrected chi connectivity index (χ2v) is 5.83. The molecule has 1 aliphatic rings. The summed E-state index contributed by atoms with van der Waals surface area (Å²) in [7, 11) is 0. The molecule has 1 aromatic carbocycles. The van der Waals surface area contributed by atoms with Crippen LogP contribution in [0.3, 0.4) is 0 Å². The average molecular weight is 260 g/mol. The molecule has 1 heteroatoms. The van der Waals surface area contributed by atoms with Gasteiger partial charge in [-0.25, -0.2) is 4.39 Å². The van der Waals surface area contributed by atoms with Crippen LogP contribution in [-0.4, -0.2) is 0 Å². The fourth-order valence-corrected chi connectivity index (χ4v) is 3.00. The lowest BCUT2D eigenvalue weighted by molar-refractivity contribution is 0.271. The number of halogens is 1. The molecule has 0 atom stereocenters. The molecule has 1 aromatic rings. The third kappa shape index (κ3) is 4.81. The number of hydrogen-bond acceptors (Lipinski definition) is 0. The van der Waals surface area contributed by atoms with Crippen LogP contribution in [0.4, 0.5) is 4.39 Å². The number of rotatable bonds is 5. The lowest BCUT2D eigenvalue weighted by Gasteiger charge is -2.26. The van der Waals surface area contributed by atoms with Crippen molar-refractivity contribution >= 4 is 0 Å². The van der Waals surface area contributed by atoms with Crippen LogP contribution in [-0.2, 0) is 6.42 Å². The van der Waals surface area contributed by atoms with Crippen molar-refractivity contribution in [2.75, 3.05) is 0 Å². The average Bonchev–Trinajstić information content (AvgIpc) is 2.46. The van der Waals surface area contributed by atoms with E-state index in [0.29, 0.717) is 0 Å². The molecule has 0 saturated heterocycles. The summed E-state index contributed by atoms with van der Waals surface area (Å²) in [5, 5.41) is 0. The van der Waals surface area contributed by atoms with E-state index in [1.54, 1.807) is 0 Å². The molecule has 0 nitrogen and oxygen atoms in total. The molecule has 0 radical (unpaired) electrons. The lowest BCUT2D eigenvalue weighted by atomic mass is 9.79. The number of hydrogen-bond donors (Lipinski definition) is 0. The first kappa shape index (κ1) is 14.3. The Morgan fingerprint density at radius 2 is 1.63 bits per heavy atom. The highest BCUT2D eigenvalue weighted by Crippen LogP contribution is 2.32. The topological polar surface area (TPSA) is 0 Å². The standard InChI is InChI=1S/C18H25F/c1-2-15-7-9-16(10-8-15)5-3-4-6-17-11-13-18(19)14-12-17/h3-4,11-16H,2,5-10H2,1H3/b4-3-. The van der Waals surface area contributed by atoms with E-state index in [9.17, 15) is 4.39 Å². The van der Waals surface area contributed by atoms with Gasteiger partial charge in [-0.2, -0.15) is 0 Å². The van der Waals surface area contributed by atoms with Gasteiger partial charge in [-0.15, -0.1) is 0 Å². The van der Waals surface area contributed by atoms with Crippen LogP contribution < -0.4 is 0 Å². The van der Waals surface area contributed by atoms with E-state index >= 15 is 0 Å². The first-order valence-corrected chi connectivity index (χ1v) is 7.67. The highest BCUT2D eigenvalue weighted by molar-refractivity contribution is 5.18. The van der Waals surface area contributed by atoms with Gasteiger partial charge in [-0.05, 0) is 55.2 Å². The minimum Gasteiger partial charge on any atom is -0.207 e. The van der Waals surface area contributed by atoms with E-state index in [1.165, 1.54) is 56.2 Å². The van der Waals surface area contributed by atoms with Crippen molar-refractivity contribution in [3.05, 3.63) is 47.8 Å². The van der Waals surface area contributed by atoms with Crippen molar-refractivity contribution in [3.63, 3.8) is 0 Å². The lowest BCUT2D eigenvalue weighted by Crippen LogP contribution is -2.13. The van der Waals surface area contributed by atoms with E-state index in [0.717, 1.165) is 18.3 Å². The van der Waals surface area contributed by atoms with Crippen LogP contribution in [0, 0.1) is 17.7 Å². The zero-order valence-corrected chi connectivity index (χ0v) is 11.9. The summed E-state index contributed by atoms with van der Waals surface area (Å²) in [6.45, 7) is 2.31. The first-order valence-electron chi connectivity index (χ1n) is 7.67. The summed E-state index contributed by atoms with van der Waals surface area (Å²) in [5.74, 6) is 1.73. The monoisotopic (exact) mass is 260 g/mol. The van der Waals surface area contributed by atoms with E-state index < -0.39 is 0 Å². The van der Waals surface area contributed by atoms with Gasteiger partial charge in [0.1, 0.15) is 5.82 Å². The van der Waals surface area contributed by atoms with E-state index in [-0.39, 0.29) is 5.82 Å². The van der Waals surface area contributed by atoms with Gasteiger partial charge in [-0.3, -0.25) is 0 Å². The van der Waals surface area contributed by atoms with Crippen LogP contribution in [0.2, 0.25) is 0 Å². The summed E-state index contributed by atoms with van der Waals surface area (Å²) in [6, 6.07) is 6.81. The fraction of sp³-hybridized carbons (Fsp3) is 0.556. The minimum absolute atomic E-state index is 0.152. The zero-order valence-electron chi connectivity index (χ0n) is 11.9. The second-order valence-electron chi connectivity index (χ2n) is 5.83. The van der Waals surface area contributed by atoms with Crippen molar-refractivity contribution < 1.29 is 4.39 Å². The highest BCUT2D eigenvalue weighted by atomic mass is 19.1. The van der Waals surface area contributed by atoms with Gasteiger partial charge in [0.25, 0.3) is 0 Å². The largest absolute Gasteiger partial charge is 0.207 e. The molecule has 0 heterocycles. The minimum atomic E-state index is -0.152. The molecule has 0 amide bonds. The van der Waals surface area contributed by atoms with Crippen LogP contribution in [0.5, 0.6) is 0 Å². The molecular weight excluding hydrogens is 235 g/mol. The molecule has 1 fully saturated rings. The molecule has 0 spiro atoms. The summed E-state index contributed by atoms with van der Waals surface area (Å²) in [4.78, 5) is 0. The van der Waals surface area contributed by atoms with E-state index in [4.69, 9.17) is 0 Å². The SMILES string of the molecule is CCC1CCC(C/C=C\Cc2ccc(F)cc2)CC1. The maximum absolute atomic E-state index is 12.8. The molecule has 0 aliphatic heterocycles. The fourth-order valence-electron chi connectivity index (χ4n) is 3.00. The molecular formula is C18H25F. The predicted molar refractivity (Wildman–Crippen MR) is 79.6 cm³/mol. The Hall–Kier alpha value is -1.11. The van der Waals surface area contributed by atoms with Gasteiger partial charge in [-0.1, -0.05) is 50.5 Å². The molecule has 0 unspecified atom stereocenters. The molecule has 1 aliphatic carbocycles. The summed E-state index contributed by atoms with van der Waals surface area (Å²) in [5.41, 5.74) is 1.19. The molecule has 0 aromatic heterocycles. The Bertz CT molecular complexity index is 383. The van der Waals surface area contributed by atoms with E-state index in [2.05, 4.69) is 19.1 Å². The van der Waals surface area contributed by atoms with Gasteiger partial charge in [0.05, 0.1) is 0 Å². The van der Waals surface area contributed by atoms with Crippen molar-refractivity contribution in [1.29, 1.82) is 0 Å². The number of allylic oxidation sites excluding steroid dienone is 2.